The molecule has 0 amide bonds. The van der Waals surface area contributed by atoms with E-state index in [4.69, 9.17) is 15.3 Å². The van der Waals surface area contributed by atoms with Crippen molar-refractivity contribution in [1.29, 1.82) is 0 Å². The van der Waals surface area contributed by atoms with Crippen LogP contribution in [-0.4, -0.2) is 14.2 Å². The first-order chi connectivity index (χ1) is 9.26. The van der Waals surface area contributed by atoms with E-state index < -0.39 is 0 Å². The molecule has 0 heterocycles. The summed E-state index contributed by atoms with van der Waals surface area (Å²) < 4.78 is 10.7. The standard InChI is InChI=1S/C15H22N2O2/c1-18-12-3-4-13(14(8-12)19-2)15(17-16)11-6-9-5-10(9)7-11/h3-4,8-11,15,17H,5-7,16H2,1-2H3. The highest BCUT2D eigenvalue weighted by Crippen LogP contribution is 2.57. The molecule has 0 radical (unpaired) electrons. The van der Waals surface area contributed by atoms with Crippen molar-refractivity contribution < 1.29 is 9.47 Å². The van der Waals surface area contributed by atoms with Crippen LogP contribution in [0.4, 0.5) is 0 Å². The van der Waals surface area contributed by atoms with Gasteiger partial charge in [0.05, 0.1) is 20.3 Å². The van der Waals surface area contributed by atoms with E-state index in [2.05, 4.69) is 11.5 Å². The lowest BCUT2D eigenvalue weighted by Gasteiger charge is -2.26. The molecule has 19 heavy (non-hydrogen) atoms. The van der Waals surface area contributed by atoms with Crippen LogP contribution in [0, 0.1) is 17.8 Å². The second-order valence-corrected chi connectivity index (χ2v) is 5.74. The Morgan fingerprint density at radius 1 is 1.16 bits per heavy atom. The molecule has 1 aromatic rings. The molecule has 4 nitrogen and oxygen atoms in total. The second-order valence-electron chi connectivity index (χ2n) is 5.74. The summed E-state index contributed by atoms with van der Waals surface area (Å²) in [5, 5.41) is 0. The van der Waals surface area contributed by atoms with Gasteiger partial charge in [-0.2, -0.15) is 0 Å². The lowest BCUT2D eigenvalue weighted by molar-refractivity contribution is 0.327. The highest BCUT2D eigenvalue weighted by Gasteiger charge is 2.48. The third kappa shape index (κ3) is 2.30. The second kappa shape index (κ2) is 5.02. The van der Waals surface area contributed by atoms with Gasteiger partial charge in [0.1, 0.15) is 11.5 Å². The maximum atomic E-state index is 5.80. The number of rotatable bonds is 5. The normalized spacial score (nSPS) is 29.7. The van der Waals surface area contributed by atoms with Crippen LogP contribution in [0.1, 0.15) is 30.9 Å². The molecule has 3 N–H and O–H groups in total. The fraction of sp³-hybridized carbons (Fsp3) is 0.600. The summed E-state index contributed by atoms with van der Waals surface area (Å²) in [5.74, 6) is 9.98. The minimum Gasteiger partial charge on any atom is -0.497 e. The molecule has 2 fully saturated rings. The predicted molar refractivity (Wildman–Crippen MR) is 73.9 cm³/mol. The zero-order valence-electron chi connectivity index (χ0n) is 11.6. The summed E-state index contributed by atoms with van der Waals surface area (Å²) in [6.45, 7) is 0. The van der Waals surface area contributed by atoms with E-state index in [0.29, 0.717) is 5.92 Å². The topological polar surface area (TPSA) is 56.5 Å². The molecule has 0 saturated heterocycles. The van der Waals surface area contributed by atoms with Crippen LogP contribution in [0.25, 0.3) is 0 Å². The summed E-state index contributed by atoms with van der Waals surface area (Å²) >= 11 is 0. The molecule has 3 unspecified atom stereocenters. The quantitative estimate of drug-likeness (QED) is 0.631. The maximum Gasteiger partial charge on any atom is 0.127 e. The third-order valence-corrected chi connectivity index (χ3v) is 4.71. The monoisotopic (exact) mass is 262 g/mol. The van der Waals surface area contributed by atoms with Gasteiger partial charge in [0.15, 0.2) is 0 Å². The zero-order valence-corrected chi connectivity index (χ0v) is 11.6. The fourth-order valence-electron chi connectivity index (χ4n) is 3.59. The number of benzene rings is 1. The Morgan fingerprint density at radius 3 is 2.47 bits per heavy atom. The van der Waals surface area contributed by atoms with Crippen LogP contribution in [-0.2, 0) is 0 Å². The van der Waals surface area contributed by atoms with Gasteiger partial charge in [-0.3, -0.25) is 11.3 Å². The SMILES string of the molecule is COc1ccc(C(NN)C2CC3CC3C2)c(OC)c1. The number of hydrazine groups is 1. The van der Waals surface area contributed by atoms with Gasteiger partial charge in [0.2, 0.25) is 0 Å². The summed E-state index contributed by atoms with van der Waals surface area (Å²) in [6, 6.07) is 6.13. The van der Waals surface area contributed by atoms with Crippen molar-refractivity contribution in [1.82, 2.24) is 5.43 Å². The summed E-state index contributed by atoms with van der Waals surface area (Å²) in [4.78, 5) is 0. The maximum absolute atomic E-state index is 5.80. The molecule has 2 aliphatic rings. The Balaban J connectivity index is 1.85. The van der Waals surface area contributed by atoms with Crippen LogP contribution < -0.4 is 20.7 Å². The van der Waals surface area contributed by atoms with Crippen molar-refractivity contribution in [3.8, 4) is 11.5 Å². The van der Waals surface area contributed by atoms with E-state index in [1.165, 1.54) is 19.3 Å². The van der Waals surface area contributed by atoms with Crippen molar-refractivity contribution in [2.75, 3.05) is 14.2 Å². The van der Waals surface area contributed by atoms with Gasteiger partial charge in [-0.1, -0.05) is 6.07 Å². The van der Waals surface area contributed by atoms with E-state index in [9.17, 15) is 0 Å². The predicted octanol–water partition coefficient (Wildman–Crippen LogP) is 2.25. The Hall–Kier alpha value is -1.26. The molecule has 2 aliphatic carbocycles. The lowest BCUT2D eigenvalue weighted by atomic mass is 9.89. The number of methoxy groups -OCH3 is 2. The summed E-state index contributed by atoms with van der Waals surface area (Å²) in [7, 11) is 3.36. The highest BCUT2D eigenvalue weighted by atomic mass is 16.5. The van der Waals surface area contributed by atoms with E-state index in [-0.39, 0.29) is 6.04 Å². The van der Waals surface area contributed by atoms with Gasteiger partial charge in [0, 0.05) is 11.6 Å². The van der Waals surface area contributed by atoms with Gasteiger partial charge >= 0.3 is 0 Å². The van der Waals surface area contributed by atoms with Gasteiger partial charge in [-0.15, -0.1) is 0 Å². The molecule has 3 rings (SSSR count). The molecule has 2 saturated carbocycles. The van der Waals surface area contributed by atoms with Crippen LogP contribution in [0.2, 0.25) is 0 Å². The first-order valence-electron chi connectivity index (χ1n) is 6.94. The highest BCUT2D eigenvalue weighted by molar-refractivity contribution is 5.43. The Bertz CT molecular complexity index is 453. The van der Waals surface area contributed by atoms with Gasteiger partial charge in [-0.25, -0.2) is 0 Å². The average molecular weight is 262 g/mol. The third-order valence-electron chi connectivity index (χ3n) is 4.71. The number of ether oxygens (including phenoxy) is 2. The molecular weight excluding hydrogens is 240 g/mol. The zero-order chi connectivity index (χ0) is 13.4. The largest absolute Gasteiger partial charge is 0.497 e. The van der Waals surface area contributed by atoms with Crippen molar-refractivity contribution in [2.24, 2.45) is 23.6 Å². The Kier molecular flexibility index (Phi) is 3.37. The van der Waals surface area contributed by atoms with E-state index in [1.54, 1.807) is 14.2 Å². The number of nitrogens with one attached hydrogen (secondary N) is 1. The number of hydrogen-bond donors (Lipinski definition) is 2. The smallest absolute Gasteiger partial charge is 0.127 e. The Labute approximate surface area is 114 Å². The van der Waals surface area contributed by atoms with Crippen LogP contribution in [0.5, 0.6) is 11.5 Å². The minimum absolute atomic E-state index is 0.175. The number of nitrogens with two attached hydrogens (primary N) is 1. The van der Waals surface area contributed by atoms with E-state index in [0.717, 1.165) is 28.9 Å². The summed E-state index contributed by atoms with van der Waals surface area (Å²) in [6.07, 6.45) is 4.00. The fourth-order valence-corrected chi connectivity index (χ4v) is 3.59. The molecule has 0 spiro atoms. The van der Waals surface area contributed by atoms with Crippen molar-refractivity contribution in [2.45, 2.75) is 25.3 Å². The molecular formula is C15H22N2O2. The Morgan fingerprint density at radius 2 is 1.89 bits per heavy atom. The van der Waals surface area contributed by atoms with Gasteiger partial charge in [0.25, 0.3) is 0 Å². The molecule has 3 atom stereocenters. The molecule has 0 aromatic heterocycles. The van der Waals surface area contributed by atoms with Crippen molar-refractivity contribution in [3.63, 3.8) is 0 Å². The lowest BCUT2D eigenvalue weighted by Crippen LogP contribution is -2.33. The van der Waals surface area contributed by atoms with Crippen LogP contribution in [0.3, 0.4) is 0 Å². The number of fused-ring (bicyclic) bond motifs is 1. The van der Waals surface area contributed by atoms with Crippen molar-refractivity contribution >= 4 is 0 Å². The van der Waals surface area contributed by atoms with E-state index >= 15 is 0 Å². The van der Waals surface area contributed by atoms with Crippen LogP contribution >= 0.6 is 0 Å². The van der Waals surface area contributed by atoms with Crippen LogP contribution in [0.15, 0.2) is 18.2 Å². The molecule has 0 bridgehead atoms. The molecule has 104 valence electrons. The number of hydrogen-bond acceptors (Lipinski definition) is 4. The van der Waals surface area contributed by atoms with E-state index in [1.807, 2.05) is 12.1 Å². The summed E-state index contributed by atoms with van der Waals surface area (Å²) in [5.41, 5.74) is 4.13. The first kappa shape index (κ1) is 12.8. The van der Waals surface area contributed by atoms with Gasteiger partial charge < -0.3 is 9.47 Å². The van der Waals surface area contributed by atoms with Gasteiger partial charge in [-0.05, 0) is 43.1 Å². The molecule has 4 heteroatoms. The van der Waals surface area contributed by atoms with Crippen molar-refractivity contribution in [3.05, 3.63) is 23.8 Å². The molecule has 1 aromatic carbocycles. The molecule has 0 aliphatic heterocycles. The average Bonchev–Trinajstić information content (AvgIpc) is 3.06. The minimum atomic E-state index is 0.175. The first-order valence-corrected chi connectivity index (χ1v) is 6.94.